The fraction of sp³-hybridized carbons (Fsp3) is 0.583. The third-order valence-corrected chi connectivity index (χ3v) is 7.00. The van der Waals surface area contributed by atoms with Crippen molar-refractivity contribution in [2.75, 3.05) is 26.7 Å². The van der Waals surface area contributed by atoms with Gasteiger partial charge in [-0.25, -0.2) is 4.79 Å². The number of ether oxygens (including phenoxy) is 1. The van der Waals surface area contributed by atoms with E-state index in [2.05, 4.69) is 16.0 Å². The minimum absolute atomic E-state index is 0.00185. The quantitative estimate of drug-likeness (QED) is 0.466. The molecule has 2 fully saturated rings. The van der Waals surface area contributed by atoms with E-state index in [-0.39, 0.29) is 36.5 Å². The van der Waals surface area contributed by atoms with Crippen LogP contribution in [0.15, 0.2) is 24.3 Å². The van der Waals surface area contributed by atoms with Crippen LogP contribution in [0.5, 0.6) is 5.75 Å². The summed E-state index contributed by atoms with van der Waals surface area (Å²) < 4.78 is 5.70. The number of carbonyl (C=O) groups is 4. The van der Waals surface area contributed by atoms with Gasteiger partial charge in [0, 0.05) is 31.6 Å². The summed E-state index contributed by atoms with van der Waals surface area (Å²) in [4.78, 5) is 55.0. The topological polar surface area (TPSA) is 146 Å². The number of urea groups is 1. The van der Waals surface area contributed by atoms with E-state index in [0.29, 0.717) is 38.8 Å². The normalized spacial score (nSPS) is 26.9. The molecule has 5 atom stereocenters. The first kappa shape index (κ1) is 24.8. The Bertz CT molecular complexity index is 985. The second kappa shape index (κ2) is 10.5. The lowest BCUT2D eigenvalue weighted by Gasteiger charge is -2.39. The fourth-order valence-corrected chi connectivity index (χ4v) is 5.14. The number of hydrogen-bond acceptors (Lipinski definition) is 6. The van der Waals surface area contributed by atoms with E-state index in [0.717, 1.165) is 11.3 Å². The number of nitrogens with two attached hydrogens (primary N) is 1. The molecule has 11 heteroatoms. The van der Waals surface area contributed by atoms with Gasteiger partial charge in [-0.2, -0.15) is 0 Å². The molecule has 5 N–H and O–H groups in total. The van der Waals surface area contributed by atoms with Gasteiger partial charge < -0.3 is 36.2 Å². The fourth-order valence-electron chi connectivity index (χ4n) is 5.14. The molecule has 0 unspecified atom stereocenters. The van der Waals surface area contributed by atoms with Gasteiger partial charge in [-0.15, -0.1) is 0 Å². The summed E-state index contributed by atoms with van der Waals surface area (Å²) >= 11 is 0. The van der Waals surface area contributed by atoms with Crippen LogP contribution in [0, 0.1) is 0 Å². The monoisotopic (exact) mass is 486 g/mol. The van der Waals surface area contributed by atoms with Gasteiger partial charge in [0.05, 0.1) is 25.2 Å². The van der Waals surface area contributed by atoms with Crippen LogP contribution in [0.4, 0.5) is 4.79 Å². The summed E-state index contributed by atoms with van der Waals surface area (Å²) in [6.45, 7) is 2.43. The van der Waals surface area contributed by atoms with Crippen molar-refractivity contribution in [2.45, 2.75) is 62.8 Å². The van der Waals surface area contributed by atoms with Crippen LogP contribution >= 0.6 is 0 Å². The maximum absolute atomic E-state index is 13.7. The third-order valence-electron chi connectivity index (χ3n) is 7.00. The number of nitrogens with zero attached hydrogens (tertiary/aromatic N) is 2. The molecule has 11 nitrogen and oxygen atoms in total. The van der Waals surface area contributed by atoms with Crippen molar-refractivity contribution in [3.8, 4) is 5.75 Å². The maximum atomic E-state index is 13.7. The lowest BCUT2D eigenvalue weighted by Crippen LogP contribution is -2.62. The smallest absolute Gasteiger partial charge is 0.317 e. The largest absolute Gasteiger partial charge is 0.493 e. The average molecular weight is 487 g/mol. The Morgan fingerprint density at radius 2 is 1.86 bits per heavy atom. The van der Waals surface area contributed by atoms with Crippen LogP contribution in [0.2, 0.25) is 0 Å². The standard InChI is InChI=1S/C24H34N6O5/c1-14(25)21(31)28-18-13-29(24(34)26-2)11-9-15-7-8-19(30(15)23(18)33)22(32)27-17-10-12-35-20-6-4-3-5-16(17)20/h3-6,14-15,17-19H,7-13,25H2,1-2H3,(H,26,34)(H,27,32)(H,28,31)/t14-,15+,17+,18-,19-/m0/s1. The van der Waals surface area contributed by atoms with Gasteiger partial charge >= 0.3 is 6.03 Å². The molecule has 2 saturated heterocycles. The predicted octanol–water partition coefficient (Wildman–Crippen LogP) is -0.137. The zero-order chi connectivity index (χ0) is 25.1. The van der Waals surface area contributed by atoms with E-state index in [1.807, 2.05) is 24.3 Å². The molecule has 4 rings (SSSR count). The molecule has 0 aromatic heterocycles. The summed E-state index contributed by atoms with van der Waals surface area (Å²) in [7, 11) is 1.52. The molecule has 1 aromatic rings. The Hall–Kier alpha value is -3.34. The van der Waals surface area contributed by atoms with E-state index in [4.69, 9.17) is 10.5 Å². The summed E-state index contributed by atoms with van der Waals surface area (Å²) in [6.07, 6.45) is 2.35. The van der Waals surface area contributed by atoms with Gasteiger partial charge in [0.1, 0.15) is 17.8 Å². The molecule has 1 aromatic carbocycles. The van der Waals surface area contributed by atoms with Crippen LogP contribution in [0.1, 0.15) is 44.2 Å². The molecule has 3 aliphatic rings. The van der Waals surface area contributed by atoms with Gasteiger partial charge in [0.2, 0.25) is 17.7 Å². The van der Waals surface area contributed by atoms with Crippen molar-refractivity contribution in [3.05, 3.63) is 29.8 Å². The second-order valence-corrected chi connectivity index (χ2v) is 9.37. The Balaban J connectivity index is 1.54. The molecule has 0 saturated carbocycles. The van der Waals surface area contributed by atoms with Crippen molar-refractivity contribution in [2.24, 2.45) is 5.73 Å². The van der Waals surface area contributed by atoms with Crippen molar-refractivity contribution < 1.29 is 23.9 Å². The molecule has 0 spiro atoms. The molecule has 3 aliphatic heterocycles. The van der Waals surface area contributed by atoms with Crippen LogP contribution in [-0.2, 0) is 14.4 Å². The van der Waals surface area contributed by atoms with Crippen LogP contribution in [0.3, 0.4) is 0 Å². The number of fused-ring (bicyclic) bond motifs is 2. The van der Waals surface area contributed by atoms with Gasteiger partial charge in [0.25, 0.3) is 0 Å². The zero-order valence-electron chi connectivity index (χ0n) is 20.2. The molecule has 35 heavy (non-hydrogen) atoms. The summed E-state index contributed by atoms with van der Waals surface area (Å²) in [5.41, 5.74) is 6.63. The Kier molecular flexibility index (Phi) is 7.44. The van der Waals surface area contributed by atoms with Crippen molar-refractivity contribution in [3.63, 3.8) is 0 Å². The Morgan fingerprint density at radius 1 is 1.09 bits per heavy atom. The molecule has 5 amide bonds. The first-order valence-corrected chi connectivity index (χ1v) is 12.2. The van der Waals surface area contributed by atoms with Gasteiger partial charge in [0.15, 0.2) is 0 Å². The minimum atomic E-state index is -0.995. The Labute approximate surface area is 204 Å². The van der Waals surface area contributed by atoms with Gasteiger partial charge in [-0.3, -0.25) is 14.4 Å². The van der Waals surface area contributed by atoms with Crippen molar-refractivity contribution in [1.29, 1.82) is 0 Å². The van der Waals surface area contributed by atoms with Gasteiger partial charge in [-0.1, -0.05) is 18.2 Å². The number of para-hydroxylation sites is 1. The molecular weight excluding hydrogens is 452 g/mol. The van der Waals surface area contributed by atoms with Gasteiger partial charge in [-0.05, 0) is 32.3 Å². The van der Waals surface area contributed by atoms with E-state index >= 15 is 0 Å². The third kappa shape index (κ3) is 5.19. The Morgan fingerprint density at radius 3 is 2.60 bits per heavy atom. The average Bonchev–Trinajstić information content (AvgIpc) is 3.27. The number of carbonyl (C=O) groups excluding carboxylic acids is 4. The predicted molar refractivity (Wildman–Crippen MR) is 127 cm³/mol. The summed E-state index contributed by atoms with van der Waals surface area (Å²) in [5.74, 6) is -0.328. The first-order chi connectivity index (χ1) is 16.8. The van der Waals surface area contributed by atoms with Crippen molar-refractivity contribution in [1.82, 2.24) is 25.8 Å². The first-order valence-electron chi connectivity index (χ1n) is 12.2. The highest BCUT2D eigenvalue weighted by molar-refractivity contribution is 5.94. The lowest BCUT2D eigenvalue weighted by atomic mass is 10.00. The number of benzene rings is 1. The van der Waals surface area contributed by atoms with E-state index < -0.39 is 24.0 Å². The molecule has 0 aliphatic carbocycles. The highest BCUT2D eigenvalue weighted by Gasteiger charge is 2.46. The van der Waals surface area contributed by atoms with E-state index in [1.54, 1.807) is 4.90 Å². The molecule has 3 heterocycles. The highest BCUT2D eigenvalue weighted by atomic mass is 16.5. The summed E-state index contributed by atoms with van der Waals surface area (Å²) in [5, 5.41) is 8.39. The van der Waals surface area contributed by atoms with Crippen LogP contribution < -0.4 is 26.4 Å². The zero-order valence-corrected chi connectivity index (χ0v) is 20.2. The molecular formula is C24H34N6O5. The van der Waals surface area contributed by atoms with E-state index in [1.165, 1.54) is 18.9 Å². The van der Waals surface area contributed by atoms with Crippen molar-refractivity contribution >= 4 is 23.8 Å². The number of hydrogen-bond donors (Lipinski definition) is 4. The number of rotatable bonds is 4. The summed E-state index contributed by atoms with van der Waals surface area (Å²) in [6, 6.07) is 4.42. The SMILES string of the molecule is CNC(=O)N1CC[C@H]2CC[C@@H](C(=O)N[C@@H]3CCOc4ccccc43)N2C(=O)[C@@H](NC(=O)[C@H](C)N)C1. The molecule has 0 bridgehead atoms. The number of amides is 5. The molecule has 0 radical (unpaired) electrons. The highest BCUT2D eigenvalue weighted by Crippen LogP contribution is 2.33. The van der Waals surface area contributed by atoms with Crippen LogP contribution in [0.25, 0.3) is 0 Å². The maximum Gasteiger partial charge on any atom is 0.317 e. The minimum Gasteiger partial charge on any atom is -0.493 e. The van der Waals surface area contributed by atoms with Crippen LogP contribution in [-0.4, -0.2) is 84.5 Å². The second-order valence-electron chi connectivity index (χ2n) is 9.37. The van der Waals surface area contributed by atoms with E-state index in [9.17, 15) is 19.2 Å². The molecule has 190 valence electrons. The number of nitrogens with one attached hydrogen (secondary N) is 3. The lowest BCUT2D eigenvalue weighted by molar-refractivity contribution is -0.145.